The molecular weight excluding hydrogens is 309 g/mol. The van der Waals surface area contributed by atoms with Crippen molar-refractivity contribution in [1.29, 1.82) is 0 Å². The van der Waals surface area contributed by atoms with E-state index in [1.807, 2.05) is 6.07 Å². The van der Waals surface area contributed by atoms with E-state index >= 15 is 0 Å². The molecule has 0 bridgehead atoms. The van der Waals surface area contributed by atoms with E-state index in [0.717, 1.165) is 43.2 Å². The first-order chi connectivity index (χ1) is 10.1. The Hall–Kier alpha value is -0.880. The van der Waals surface area contributed by atoms with E-state index in [0.29, 0.717) is 16.9 Å². The number of pyridine rings is 1. The first-order valence-electron chi connectivity index (χ1n) is 7.04. The van der Waals surface area contributed by atoms with Gasteiger partial charge in [0.25, 0.3) is 0 Å². The van der Waals surface area contributed by atoms with Gasteiger partial charge in [0.05, 0.1) is 10.9 Å². The van der Waals surface area contributed by atoms with E-state index < -0.39 is 0 Å². The van der Waals surface area contributed by atoms with Gasteiger partial charge < -0.3 is 9.47 Å². The van der Waals surface area contributed by atoms with Crippen molar-refractivity contribution in [2.24, 2.45) is 0 Å². The summed E-state index contributed by atoms with van der Waals surface area (Å²) in [5.41, 5.74) is 1.67. The maximum atomic E-state index is 6.06. The van der Waals surface area contributed by atoms with Crippen molar-refractivity contribution in [1.82, 2.24) is 24.3 Å². The molecule has 0 aliphatic carbocycles. The SMILES string of the molecule is CN1CCN(C)C(Cn2c(CCl)nc3cc(Cl)cnc32)C1. The van der Waals surface area contributed by atoms with Gasteiger partial charge in [-0.3, -0.25) is 4.90 Å². The normalized spacial score (nSPS) is 21.2. The predicted molar refractivity (Wildman–Crippen MR) is 86.0 cm³/mol. The van der Waals surface area contributed by atoms with Crippen LogP contribution in [0.25, 0.3) is 11.2 Å². The van der Waals surface area contributed by atoms with Crippen molar-refractivity contribution in [3.63, 3.8) is 0 Å². The number of hydrogen-bond acceptors (Lipinski definition) is 4. The van der Waals surface area contributed by atoms with Crippen LogP contribution in [-0.4, -0.2) is 64.1 Å². The van der Waals surface area contributed by atoms with Crippen molar-refractivity contribution in [3.8, 4) is 0 Å². The Kier molecular flexibility index (Phi) is 4.36. The Morgan fingerprint density at radius 3 is 2.90 bits per heavy atom. The first-order valence-corrected chi connectivity index (χ1v) is 7.95. The molecule has 3 heterocycles. The Balaban J connectivity index is 1.95. The summed E-state index contributed by atoms with van der Waals surface area (Å²) in [6.45, 7) is 4.05. The highest BCUT2D eigenvalue weighted by Crippen LogP contribution is 2.21. The Morgan fingerprint density at radius 1 is 1.33 bits per heavy atom. The van der Waals surface area contributed by atoms with Gasteiger partial charge in [-0.15, -0.1) is 11.6 Å². The Bertz CT molecular complexity index is 642. The molecule has 3 rings (SSSR count). The summed E-state index contributed by atoms with van der Waals surface area (Å²) in [5, 5.41) is 0.600. The molecule has 1 saturated heterocycles. The van der Waals surface area contributed by atoms with Gasteiger partial charge in [0.15, 0.2) is 5.65 Å². The molecule has 1 aliphatic heterocycles. The summed E-state index contributed by atoms with van der Waals surface area (Å²) in [6.07, 6.45) is 1.66. The fourth-order valence-corrected chi connectivity index (χ4v) is 3.19. The van der Waals surface area contributed by atoms with Crippen LogP contribution in [0.3, 0.4) is 0 Å². The van der Waals surface area contributed by atoms with Crippen LogP contribution in [0.4, 0.5) is 0 Å². The van der Waals surface area contributed by atoms with Gasteiger partial charge in [-0.05, 0) is 20.2 Å². The zero-order chi connectivity index (χ0) is 15.0. The van der Waals surface area contributed by atoms with Crippen LogP contribution < -0.4 is 0 Å². The number of imidazole rings is 1. The maximum absolute atomic E-state index is 6.06. The number of hydrogen-bond donors (Lipinski definition) is 0. The third kappa shape index (κ3) is 3.01. The standard InChI is InChI=1S/C14H19Cl2N5/c1-19-3-4-20(2)11(8-19)9-21-13(6-15)18-12-5-10(16)7-17-14(12)21/h5,7,11H,3-4,6,8-9H2,1-2H3. The van der Waals surface area contributed by atoms with E-state index in [1.54, 1.807) is 6.20 Å². The van der Waals surface area contributed by atoms with Gasteiger partial charge in [-0.2, -0.15) is 0 Å². The molecule has 0 N–H and O–H groups in total. The average molecular weight is 328 g/mol. The number of fused-ring (bicyclic) bond motifs is 1. The molecule has 0 radical (unpaired) electrons. The van der Waals surface area contributed by atoms with Crippen LogP contribution >= 0.6 is 23.2 Å². The van der Waals surface area contributed by atoms with E-state index in [9.17, 15) is 0 Å². The minimum Gasteiger partial charge on any atom is -0.310 e. The fourth-order valence-electron chi connectivity index (χ4n) is 2.84. The molecule has 2 aromatic rings. The topological polar surface area (TPSA) is 37.2 Å². The number of likely N-dealkylation sites (N-methyl/N-ethyl adjacent to an activating group) is 2. The molecule has 0 spiro atoms. The minimum absolute atomic E-state index is 0.375. The van der Waals surface area contributed by atoms with E-state index in [2.05, 4.69) is 38.4 Å². The minimum atomic E-state index is 0.375. The van der Waals surface area contributed by atoms with Gasteiger partial charge >= 0.3 is 0 Å². The van der Waals surface area contributed by atoms with Gasteiger partial charge in [-0.1, -0.05) is 11.6 Å². The van der Waals surface area contributed by atoms with E-state index in [1.165, 1.54) is 0 Å². The summed E-state index contributed by atoms with van der Waals surface area (Å²) in [5.74, 6) is 1.23. The number of rotatable bonds is 3. The van der Waals surface area contributed by atoms with Crippen LogP contribution in [-0.2, 0) is 12.4 Å². The Morgan fingerprint density at radius 2 is 2.14 bits per heavy atom. The summed E-state index contributed by atoms with van der Waals surface area (Å²) in [7, 11) is 4.33. The van der Waals surface area contributed by atoms with Gasteiger partial charge in [-0.25, -0.2) is 9.97 Å². The zero-order valence-electron chi connectivity index (χ0n) is 12.3. The maximum Gasteiger partial charge on any atom is 0.160 e. The molecule has 114 valence electrons. The van der Waals surface area contributed by atoms with E-state index in [-0.39, 0.29) is 0 Å². The van der Waals surface area contributed by atoms with Crippen LogP contribution in [0.2, 0.25) is 5.02 Å². The molecule has 0 saturated carbocycles. The van der Waals surface area contributed by atoms with Crippen molar-refractivity contribution < 1.29 is 0 Å². The number of alkyl halides is 1. The average Bonchev–Trinajstić information content (AvgIpc) is 2.80. The quantitative estimate of drug-likeness (QED) is 0.809. The lowest BCUT2D eigenvalue weighted by molar-refractivity contribution is 0.103. The molecular formula is C14H19Cl2N5. The first kappa shape index (κ1) is 15.0. The molecule has 1 fully saturated rings. The molecule has 1 aliphatic rings. The molecule has 0 aromatic carbocycles. The number of aromatic nitrogens is 3. The molecule has 1 atom stereocenters. The lowest BCUT2D eigenvalue weighted by atomic mass is 10.2. The lowest BCUT2D eigenvalue weighted by Crippen LogP contribution is -2.51. The predicted octanol–water partition coefficient (Wildman–Crippen LogP) is 2.07. The second-order valence-corrected chi connectivity index (χ2v) is 6.37. The summed E-state index contributed by atoms with van der Waals surface area (Å²) >= 11 is 12.1. The van der Waals surface area contributed by atoms with Crippen molar-refractivity contribution >= 4 is 34.4 Å². The highest BCUT2D eigenvalue weighted by atomic mass is 35.5. The molecule has 7 heteroatoms. The Labute approximate surface area is 134 Å². The van der Waals surface area contributed by atoms with Crippen molar-refractivity contribution in [2.45, 2.75) is 18.5 Å². The summed E-state index contributed by atoms with van der Waals surface area (Å²) in [6, 6.07) is 2.27. The molecule has 2 aromatic heterocycles. The number of nitrogens with zero attached hydrogens (tertiary/aromatic N) is 5. The second kappa shape index (κ2) is 6.08. The molecule has 0 amide bonds. The van der Waals surface area contributed by atoms with Crippen LogP contribution in [0.5, 0.6) is 0 Å². The lowest BCUT2D eigenvalue weighted by Gasteiger charge is -2.38. The van der Waals surface area contributed by atoms with Gasteiger partial charge in [0.1, 0.15) is 11.3 Å². The largest absolute Gasteiger partial charge is 0.310 e. The van der Waals surface area contributed by atoms with Crippen LogP contribution in [0.1, 0.15) is 5.82 Å². The molecule has 1 unspecified atom stereocenters. The molecule has 21 heavy (non-hydrogen) atoms. The highest BCUT2D eigenvalue weighted by Gasteiger charge is 2.24. The van der Waals surface area contributed by atoms with Crippen LogP contribution in [0.15, 0.2) is 12.3 Å². The van der Waals surface area contributed by atoms with E-state index in [4.69, 9.17) is 23.2 Å². The third-order valence-corrected chi connectivity index (χ3v) is 4.57. The number of piperazine rings is 1. The van der Waals surface area contributed by atoms with Crippen LogP contribution in [0, 0.1) is 0 Å². The molecule has 5 nitrogen and oxygen atoms in total. The monoisotopic (exact) mass is 327 g/mol. The second-order valence-electron chi connectivity index (χ2n) is 5.67. The van der Waals surface area contributed by atoms with Gasteiger partial charge in [0.2, 0.25) is 0 Å². The highest BCUT2D eigenvalue weighted by molar-refractivity contribution is 6.31. The smallest absolute Gasteiger partial charge is 0.160 e. The summed E-state index contributed by atoms with van der Waals surface area (Å²) in [4.78, 5) is 13.7. The van der Waals surface area contributed by atoms with Gasteiger partial charge in [0, 0.05) is 38.4 Å². The third-order valence-electron chi connectivity index (χ3n) is 4.12. The van der Waals surface area contributed by atoms with Crippen molar-refractivity contribution in [2.75, 3.05) is 33.7 Å². The van der Waals surface area contributed by atoms with Crippen molar-refractivity contribution in [3.05, 3.63) is 23.1 Å². The fraction of sp³-hybridized carbons (Fsp3) is 0.571. The number of halogens is 2. The summed E-state index contributed by atoms with van der Waals surface area (Å²) < 4.78 is 2.12. The zero-order valence-corrected chi connectivity index (χ0v) is 13.8.